The Morgan fingerprint density at radius 3 is 2.85 bits per heavy atom. The van der Waals surface area contributed by atoms with Crippen molar-refractivity contribution in [1.29, 1.82) is 0 Å². The Morgan fingerprint density at radius 1 is 1.18 bits per heavy atom. The molecule has 0 saturated carbocycles. The number of aryl methyl sites for hydroxylation is 1. The van der Waals surface area contributed by atoms with Crippen LogP contribution in [0.1, 0.15) is 24.0 Å². The number of hydrogen-bond acceptors (Lipinski definition) is 8. The minimum Gasteiger partial charge on any atom is -0.484 e. The summed E-state index contributed by atoms with van der Waals surface area (Å²) in [6.45, 7) is -0.107. The molecule has 4 N–H and O–H groups in total. The first-order valence-corrected chi connectivity index (χ1v) is 10.4. The molecule has 1 aromatic heterocycles. The summed E-state index contributed by atoms with van der Waals surface area (Å²) in [4.78, 5) is 19.6. The molecule has 1 heterocycles. The van der Waals surface area contributed by atoms with Crippen molar-refractivity contribution in [3.05, 3.63) is 65.6 Å². The van der Waals surface area contributed by atoms with E-state index in [1.54, 1.807) is 24.3 Å². The molecular weight excluding hydrogens is 427 g/mol. The molecule has 1 aliphatic rings. The van der Waals surface area contributed by atoms with Gasteiger partial charge in [-0.05, 0) is 49.1 Å². The summed E-state index contributed by atoms with van der Waals surface area (Å²) < 4.78 is 19.8. The number of carbonyl (C=O) groups is 1. The Morgan fingerprint density at radius 2 is 2.03 bits per heavy atom. The van der Waals surface area contributed by atoms with E-state index in [2.05, 4.69) is 31.1 Å². The average Bonchev–Trinajstić information content (AvgIpc) is 2.84. The van der Waals surface area contributed by atoms with Gasteiger partial charge in [0.25, 0.3) is 5.91 Å². The number of likely N-dealkylation sites (N-methyl/N-ethyl adjacent to an activating group) is 1. The number of nitrogens with one attached hydrogen (secondary N) is 3. The van der Waals surface area contributed by atoms with Crippen LogP contribution in [0.2, 0.25) is 0 Å². The number of hydrogen-bond donors (Lipinski definition) is 4. The standard InChI is InChI=1S/C23H23FN6O3/c1-25-21(31)13-33-17-6-3-5-15(10-17)28-23-26-12-19(24)22(29-23)27-16-9-8-14-4-2-7-20(30-32)18(14)11-16/h3,5-6,8-12,32H,2,4,7,13H2,1H3,(H,25,31)(H2,26,27,28,29). The fourth-order valence-electron chi connectivity index (χ4n) is 3.49. The zero-order chi connectivity index (χ0) is 23.2. The van der Waals surface area contributed by atoms with Crippen LogP contribution in [0, 0.1) is 5.82 Å². The molecule has 0 atom stereocenters. The first-order valence-electron chi connectivity index (χ1n) is 10.4. The summed E-state index contributed by atoms with van der Waals surface area (Å²) in [6.07, 6.45) is 3.58. The zero-order valence-corrected chi connectivity index (χ0v) is 17.9. The number of amides is 1. The summed E-state index contributed by atoms with van der Waals surface area (Å²) in [7, 11) is 1.53. The van der Waals surface area contributed by atoms with Gasteiger partial charge in [-0.3, -0.25) is 4.79 Å². The molecule has 0 saturated heterocycles. The highest BCUT2D eigenvalue weighted by molar-refractivity contribution is 6.03. The fraction of sp³-hybridized carbons (Fsp3) is 0.217. The maximum Gasteiger partial charge on any atom is 0.257 e. The van der Waals surface area contributed by atoms with E-state index in [-0.39, 0.29) is 24.3 Å². The number of aromatic nitrogens is 2. The minimum absolute atomic E-state index is 0.00207. The van der Waals surface area contributed by atoms with E-state index in [4.69, 9.17) is 4.74 Å². The van der Waals surface area contributed by atoms with Crippen molar-refractivity contribution in [2.24, 2.45) is 5.16 Å². The summed E-state index contributed by atoms with van der Waals surface area (Å²) >= 11 is 0. The van der Waals surface area contributed by atoms with Crippen molar-refractivity contribution in [1.82, 2.24) is 15.3 Å². The van der Waals surface area contributed by atoms with Crippen LogP contribution in [-0.4, -0.2) is 40.4 Å². The van der Waals surface area contributed by atoms with Gasteiger partial charge in [-0.2, -0.15) is 4.98 Å². The van der Waals surface area contributed by atoms with Crippen LogP contribution in [0.4, 0.5) is 27.5 Å². The summed E-state index contributed by atoms with van der Waals surface area (Å²) in [6, 6.07) is 12.5. The summed E-state index contributed by atoms with van der Waals surface area (Å²) in [5, 5.41) is 21.1. The topological polar surface area (TPSA) is 121 Å². The molecule has 0 aliphatic heterocycles. The van der Waals surface area contributed by atoms with E-state index < -0.39 is 5.82 Å². The largest absolute Gasteiger partial charge is 0.484 e. The van der Waals surface area contributed by atoms with Crippen molar-refractivity contribution in [2.45, 2.75) is 19.3 Å². The molecule has 1 aliphatic carbocycles. The molecule has 3 aromatic rings. The van der Waals surface area contributed by atoms with Crippen LogP contribution in [-0.2, 0) is 11.2 Å². The van der Waals surface area contributed by atoms with Crippen LogP contribution in [0.15, 0.2) is 53.8 Å². The Bertz CT molecular complexity index is 1200. The lowest BCUT2D eigenvalue weighted by atomic mass is 9.90. The SMILES string of the molecule is CNC(=O)COc1cccc(Nc2ncc(F)c(Nc3ccc4c(c3)C(=NO)CCC4)n2)c1. The number of halogens is 1. The quantitative estimate of drug-likeness (QED) is 0.320. The van der Waals surface area contributed by atoms with Crippen molar-refractivity contribution < 1.29 is 19.1 Å². The molecule has 9 nitrogen and oxygen atoms in total. The number of anilines is 4. The van der Waals surface area contributed by atoms with Gasteiger partial charge < -0.3 is 25.9 Å². The smallest absolute Gasteiger partial charge is 0.257 e. The Balaban J connectivity index is 1.51. The summed E-state index contributed by atoms with van der Waals surface area (Å²) in [5.41, 5.74) is 3.77. The zero-order valence-electron chi connectivity index (χ0n) is 17.9. The van der Waals surface area contributed by atoms with Gasteiger partial charge in [0, 0.05) is 30.1 Å². The van der Waals surface area contributed by atoms with Crippen molar-refractivity contribution in [3.8, 4) is 5.75 Å². The molecule has 33 heavy (non-hydrogen) atoms. The van der Waals surface area contributed by atoms with Crippen LogP contribution < -0.4 is 20.7 Å². The first-order chi connectivity index (χ1) is 16.1. The maximum atomic E-state index is 14.4. The Labute approximate surface area is 189 Å². The maximum absolute atomic E-state index is 14.4. The molecule has 4 rings (SSSR count). The third kappa shape index (κ3) is 5.35. The molecule has 2 aromatic carbocycles. The first kappa shape index (κ1) is 22.0. The summed E-state index contributed by atoms with van der Waals surface area (Å²) in [5.74, 6) is -0.197. The molecule has 1 amide bonds. The second-order valence-corrected chi connectivity index (χ2v) is 7.40. The number of rotatable bonds is 7. The fourth-order valence-corrected chi connectivity index (χ4v) is 3.49. The monoisotopic (exact) mass is 450 g/mol. The van der Waals surface area contributed by atoms with Gasteiger partial charge in [0.15, 0.2) is 18.2 Å². The highest BCUT2D eigenvalue weighted by atomic mass is 19.1. The van der Waals surface area contributed by atoms with E-state index in [9.17, 15) is 14.4 Å². The third-order valence-electron chi connectivity index (χ3n) is 5.15. The van der Waals surface area contributed by atoms with Crippen LogP contribution >= 0.6 is 0 Å². The molecule has 170 valence electrons. The lowest BCUT2D eigenvalue weighted by Crippen LogP contribution is -2.24. The molecule has 0 fully saturated rings. The molecular formula is C23H23FN6O3. The van der Waals surface area contributed by atoms with Crippen molar-refractivity contribution in [2.75, 3.05) is 24.3 Å². The van der Waals surface area contributed by atoms with Gasteiger partial charge in [-0.1, -0.05) is 17.3 Å². The van der Waals surface area contributed by atoms with Gasteiger partial charge in [0.2, 0.25) is 5.95 Å². The number of ether oxygens (including phenoxy) is 1. The number of oxime groups is 1. The molecule has 0 spiro atoms. The molecule has 0 unspecified atom stereocenters. The van der Waals surface area contributed by atoms with E-state index in [1.807, 2.05) is 18.2 Å². The normalized spacial score (nSPS) is 13.8. The van der Waals surface area contributed by atoms with Gasteiger partial charge in [0.1, 0.15) is 5.75 Å². The number of benzene rings is 2. The van der Waals surface area contributed by atoms with Crippen LogP contribution in [0.25, 0.3) is 0 Å². The van der Waals surface area contributed by atoms with Crippen molar-refractivity contribution >= 4 is 34.8 Å². The molecule has 0 radical (unpaired) electrons. The van der Waals surface area contributed by atoms with Gasteiger partial charge in [-0.15, -0.1) is 0 Å². The Kier molecular flexibility index (Phi) is 6.63. The second kappa shape index (κ2) is 9.94. The lowest BCUT2D eigenvalue weighted by Gasteiger charge is -2.18. The lowest BCUT2D eigenvalue weighted by molar-refractivity contribution is -0.122. The van der Waals surface area contributed by atoms with Crippen molar-refractivity contribution in [3.63, 3.8) is 0 Å². The average molecular weight is 450 g/mol. The Hall–Kier alpha value is -4.21. The van der Waals surface area contributed by atoms with E-state index in [1.165, 1.54) is 7.05 Å². The van der Waals surface area contributed by atoms with Gasteiger partial charge in [0.05, 0.1) is 11.9 Å². The molecule has 10 heteroatoms. The number of nitrogens with zero attached hydrogens (tertiary/aromatic N) is 3. The highest BCUT2D eigenvalue weighted by Crippen LogP contribution is 2.27. The van der Waals surface area contributed by atoms with E-state index in [0.29, 0.717) is 29.3 Å². The minimum atomic E-state index is -0.614. The van der Waals surface area contributed by atoms with Crippen LogP contribution in [0.5, 0.6) is 5.75 Å². The van der Waals surface area contributed by atoms with Gasteiger partial charge >= 0.3 is 0 Å². The number of fused-ring (bicyclic) bond motifs is 1. The third-order valence-corrected chi connectivity index (χ3v) is 5.15. The second-order valence-electron chi connectivity index (χ2n) is 7.40. The van der Waals surface area contributed by atoms with Crippen LogP contribution in [0.3, 0.4) is 0 Å². The predicted octanol–water partition coefficient (Wildman–Crippen LogP) is 3.74. The van der Waals surface area contributed by atoms with E-state index >= 15 is 0 Å². The molecule has 0 bridgehead atoms. The number of carbonyl (C=O) groups excluding carboxylic acids is 1. The predicted molar refractivity (Wildman–Crippen MR) is 122 cm³/mol. The van der Waals surface area contributed by atoms with Gasteiger partial charge in [-0.25, -0.2) is 9.37 Å². The highest BCUT2D eigenvalue weighted by Gasteiger charge is 2.17. The van der Waals surface area contributed by atoms with E-state index in [0.717, 1.165) is 30.2 Å².